The molecule has 0 saturated carbocycles. The van der Waals surface area contributed by atoms with Gasteiger partial charge in [0, 0.05) is 39.6 Å². The van der Waals surface area contributed by atoms with Crippen molar-refractivity contribution in [3.05, 3.63) is 59.1 Å². The molecule has 8 heteroatoms. The minimum Gasteiger partial charge on any atom is -0.343 e. The molecule has 140 valence electrons. The van der Waals surface area contributed by atoms with Gasteiger partial charge in [0.2, 0.25) is 5.95 Å². The van der Waals surface area contributed by atoms with E-state index in [1.807, 2.05) is 17.7 Å². The fourth-order valence-corrected chi connectivity index (χ4v) is 3.50. The van der Waals surface area contributed by atoms with Crippen molar-refractivity contribution in [1.82, 2.24) is 23.8 Å². The second kappa shape index (κ2) is 6.22. The first-order valence-corrected chi connectivity index (χ1v) is 8.69. The predicted octanol–water partition coefficient (Wildman–Crippen LogP) is 1.71. The van der Waals surface area contributed by atoms with Crippen molar-refractivity contribution in [3.63, 3.8) is 0 Å². The molecule has 0 unspecified atom stereocenters. The van der Waals surface area contributed by atoms with Crippen LogP contribution in [0.2, 0.25) is 0 Å². The van der Waals surface area contributed by atoms with Crippen LogP contribution in [0.25, 0.3) is 5.65 Å². The zero-order chi connectivity index (χ0) is 19.3. The lowest BCUT2D eigenvalue weighted by molar-refractivity contribution is 0.0720. The molecule has 1 aliphatic heterocycles. The van der Waals surface area contributed by atoms with Crippen molar-refractivity contribution in [1.29, 1.82) is 0 Å². The number of amides is 2. The van der Waals surface area contributed by atoms with Crippen molar-refractivity contribution < 1.29 is 14.0 Å². The van der Waals surface area contributed by atoms with Crippen LogP contribution in [0.5, 0.6) is 0 Å². The molecule has 4 rings (SSSR count). The molecule has 0 radical (unpaired) electrons. The summed E-state index contributed by atoms with van der Waals surface area (Å²) >= 11 is 0. The van der Waals surface area contributed by atoms with Crippen LogP contribution >= 0.6 is 0 Å². The van der Waals surface area contributed by atoms with Gasteiger partial charge in [-0.15, -0.1) is 0 Å². The third kappa shape index (κ3) is 2.68. The first-order valence-electron chi connectivity index (χ1n) is 8.69. The topological polar surface area (TPSA) is 62.9 Å². The van der Waals surface area contributed by atoms with Gasteiger partial charge in [0.25, 0.3) is 11.8 Å². The number of halogens is 1. The van der Waals surface area contributed by atoms with E-state index >= 15 is 0 Å². The SMILES string of the molecule is CN(C)C(=O)c1cc2c(n1C)CN(C(=O)c1nc3ccccn3c1F)CC2. The molecule has 0 spiro atoms. The number of hydrogen-bond acceptors (Lipinski definition) is 3. The zero-order valence-electron chi connectivity index (χ0n) is 15.4. The van der Waals surface area contributed by atoms with E-state index in [1.165, 1.54) is 9.30 Å². The maximum atomic E-state index is 14.6. The molecule has 0 N–H and O–H groups in total. The molecule has 0 atom stereocenters. The van der Waals surface area contributed by atoms with E-state index in [9.17, 15) is 14.0 Å². The summed E-state index contributed by atoms with van der Waals surface area (Å²) in [6.07, 6.45) is 2.16. The molecule has 3 aromatic rings. The molecule has 0 saturated heterocycles. The quantitative estimate of drug-likeness (QED) is 0.691. The average Bonchev–Trinajstić information content (AvgIpc) is 3.18. The standard InChI is InChI=1S/C19H20FN5O2/c1-22(2)18(26)13-10-12-7-9-24(11-14(12)23(13)3)19(27)16-17(20)25-8-5-4-6-15(25)21-16/h4-6,8,10H,7,9,11H2,1-3H3. The van der Waals surface area contributed by atoms with Crippen LogP contribution in [0, 0.1) is 5.95 Å². The van der Waals surface area contributed by atoms with E-state index in [0.717, 1.165) is 11.3 Å². The lowest BCUT2D eigenvalue weighted by Crippen LogP contribution is -2.37. The number of carbonyl (C=O) groups is 2. The molecule has 0 bridgehead atoms. The fourth-order valence-electron chi connectivity index (χ4n) is 3.50. The first-order chi connectivity index (χ1) is 12.9. The van der Waals surface area contributed by atoms with E-state index in [-0.39, 0.29) is 11.6 Å². The smallest absolute Gasteiger partial charge is 0.277 e. The fraction of sp³-hybridized carbons (Fsp3) is 0.316. The summed E-state index contributed by atoms with van der Waals surface area (Å²) in [6.45, 7) is 0.775. The van der Waals surface area contributed by atoms with Crippen LogP contribution in [0.15, 0.2) is 30.5 Å². The van der Waals surface area contributed by atoms with E-state index in [2.05, 4.69) is 4.98 Å². The van der Waals surface area contributed by atoms with Gasteiger partial charge in [0.1, 0.15) is 11.3 Å². The minimum atomic E-state index is -0.656. The predicted molar refractivity (Wildman–Crippen MR) is 97.0 cm³/mol. The van der Waals surface area contributed by atoms with Crippen molar-refractivity contribution in [2.24, 2.45) is 7.05 Å². The van der Waals surface area contributed by atoms with E-state index in [0.29, 0.717) is 30.9 Å². The maximum absolute atomic E-state index is 14.6. The Kier molecular flexibility index (Phi) is 3.98. The second-order valence-electron chi connectivity index (χ2n) is 6.92. The molecular formula is C19H20FN5O2. The summed E-state index contributed by atoms with van der Waals surface area (Å²) in [4.78, 5) is 32.5. The van der Waals surface area contributed by atoms with Gasteiger partial charge in [-0.25, -0.2) is 4.98 Å². The first kappa shape index (κ1) is 17.3. The highest BCUT2D eigenvalue weighted by atomic mass is 19.1. The molecule has 3 aromatic heterocycles. The Morgan fingerprint density at radius 2 is 2.04 bits per heavy atom. The van der Waals surface area contributed by atoms with E-state index < -0.39 is 11.9 Å². The largest absolute Gasteiger partial charge is 0.343 e. The van der Waals surface area contributed by atoms with Crippen LogP contribution < -0.4 is 0 Å². The third-order valence-corrected chi connectivity index (χ3v) is 5.03. The Hall–Kier alpha value is -3.16. The lowest BCUT2D eigenvalue weighted by atomic mass is 10.1. The molecule has 0 aliphatic carbocycles. The van der Waals surface area contributed by atoms with Crippen molar-refractivity contribution in [2.75, 3.05) is 20.6 Å². The summed E-state index contributed by atoms with van der Waals surface area (Å²) in [5, 5.41) is 0. The molecule has 0 aromatic carbocycles. The Morgan fingerprint density at radius 1 is 1.26 bits per heavy atom. The number of fused-ring (bicyclic) bond motifs is 2. The van der Waals surface area contributed by atoms with Crippen molar-refractivity contribution in [2.45, 2.75) is 13.0 Å². The Bertz CT molecular complexity index is 1070. The number of nitrogens with zero attached hydrogens (tertiary/aromatic N) is 5. The molecule has 27 heavy (non-hydrogen) atoms. The molecule has 7 nitrogen and oxygen atoms in total. The van der Waals surface area contributed by atoms with E-state index in [4.69, 9.17) is 0 Å². The molecule has 2 amide bonds. The molecule has 1 aliphatic rings. The van der Waals surface area contributed by atoms with Gasteiger partial charge in [-0.1, -0.05) is 6.07 Å². The van der Waals surface area contributed by atoms with Gasteiger partial charge >= 0.3 is 0 Å². The van der Waals surface area contributed by atoms with Crippen LogP contribution in [0.4, 0.5) is 4.39 Å². The van der Waals surface area contributed by atoms with Gasteiger partial charge in [-0.2, -0.15) is 4.39 Å². The average molecular weight is 369 g/mol. The number of hydrogen-bond donors (Lipinski definition) is 0. The second-order valence-corrected chi connectivity index (χ2v) is 6.92. The maximum Gasteiger partial charge on any atom is 0.277 e. The molecular weight excluding hydrogens is 349 g/mol. The van der Waals surface area contributed by atoms with Crippen LogP contribution in [0.1, 0.15) is 32.2 Å². The summed E-state index contributed by atoms with van der Waals surface area (Å²) in [5.41, 5.74) is 2.74. The van der Waals surface area contributed by atoms with Crippen LogP contribution in [0.3, 0.4) is 0 Å². The number of aromatic nitrogens is 3. The van der Waals surface area contributed by atoms with Gasteiger partial charge in [0.15, 0.2) is 5.69 Å². The Labute approximate surface area is 155 Å². The van der Waals surface area contributed by atoms with Crippen LogP contribution in [-0.2, 0) is 20.0 Å². The Balaban J connectivity index is 1.65. The highest BCUT2D eigenvalue weighted by molar-refractivity contribution is 5.94. The zero-order valence-corrected chi connectivity index (χ0v) is 15.4. The number of imidazole rings is 1. The van der Waals surface area contributed by atoms with Gasteiger partial charge in [-0.05, 0) is 30.2 Å². The van der Waals surface area contributed by atoms with E-state index in [1.54, 1.807) is 43.4 Å². The molecule has 0 fully saturated rings. The summed E-state index contributed by atoms with van der Waals surface area (Å²) in [6, 6.07) is 6.97. The monoisotopic (exact) mass is 369 g/mol. The Morgan fingerprint density at radius 3 is 2.74 bits per heavy atom. The molecule has 4 heterocycles. The summed E-state index contributed by atoms with van der Waals surface area (Å²) < 4.78 is 17.7. The summed E-state index contributed by atoms with van der Waals surface area (Å²) in [5.74, 6) is -1.18. The van der Waals surface area contributed by atoms with Crippen molar-refractivity contribution in [3.8, 4) is 0 Å². The number of rotatable bonds is 2. The van der Waals surface area contributed by atoms with Crippen molar-refractivity contribution >= 4 is 17.5 Å². The van der Waals surface area contributed by atoms with Gasteiger partial charge in [-0.3, -0.25) is 14.0 Å². The van der Waals surface area contributed by atoms with Gasteiger partial charge in [0.05, 0.1) is 6.54 Å². The minimum absolute atomic E-state index is 0.0869. The van der Waals surface area contributed by atoms with Gasteiger partial charge < -0.3 is 14.4 Å². The number of carbonyl (C=O) groups excluding carboxylic acids is 2. The highest BCUT2D eigenvalue weighted by Crippen LogP contribution is 2.25. The summed E-state index contributed by atoms with van der Waals surface area (Å²) in [7, 11) is 5.22. The highest BCUT2D eigenvalue weighted by Gasteiger charge is 2.30. The third-order valence-electron chi connectivity index (χ3n) is 5.03. The number of pyridine rings is 1. The normalized spacial score (nSPS) is 13.7. The lowest BCUT2D eigenvalue weighted by Gasteiger charge is -2.27. The van der Waals surface area contributed by atoms with Crippen LogP contribution in [-0.4, -0.2) is 56.2 Å².